The third-order valence-corrected chi connectivity index (χ3v) is 4.25. The molecule has 0 saturated heterocycles. The van der Waals surface area contributed by atoms with Crippen LogP contribution in [0.3, 0.4) is 0 Å². The van der Waals surface area contributed by atoms with Crippen molar-refractivity contribution in [3.05, 3.63) is 70.8 Å². The van der Waals surface area contributed by atoms with Crippen molar-refractivity contribution >= 4 is 5.91 Å². The average Bonchev–Trinajstić information content (AvgIpc) is 2.59. The van der Waals surface area contributed by atoms with E-state index in [1.807, 2.05) is 43.3 Å². The van der Waals surface area contributed by atoms with E-state index in [0.717, 1.165) is 16.7 Å². The first-order valence-electron chi connectivity index (χ1n) is 8.33. The molecule has 0 aliphatic heterocycles. The van der Waals surface area contributed by atoms with Gasteiger partial charge in [-0.2, -0.15) is 0 Å². The smallest absolute Gasteiger partial charge is 0.241 e. The molecule has 4 nitrogen and oxygen atoms in total. The van der Waals surface area contributed by atoms with Crippen LogP contribution in [0.15, 0.2) is 48.5 Å². The van der Waals surface area contributed by atoms with E-state index >= 15 is 0 Å². The summed E-state index contributed by atoms with van der Waals surface area (Å²) in [6.45, 7) is 6.67. The van der Waals surface area contributed by atoms with Crippen LogP contribution in [0.1, 0.15) is 54.1 Å². The Morgan fingerprint density at radius 1 is 0.917 bits per heavy atom. The Balaban J connectivity index is 1.91. The molecular formula is C20H27N3O. The highest BCUT2D eigenvalue weighted by Crippen LogP contribution is 2.18. The largest absolute Gasteiger partial charge is 0.353 e. The molecule has 2 aromatic carbocycles. The third kappa shape index (κ3) is 4.66. The maximum atomic E-state index is 12.2. The van der Waals surface area contributed by atoms with Gasteiger partial charge in [0, 0.05) is 12.6 Å². The van der Waals surface area contributed by atoms with Crippen molar-refractivity contribution in [2.24, 2.45) is 11.5 Å². The molecule has 2 unspecified atom stereocenters. The van der Waals surface area contributed by atoms with Crippen LogP contribution >= 0.6 is 0 Å². The van der Waals surface area contributed by atoms with Crippen molar-refractivity contribution in [2.75, 3.05) is 6.54 Å². The predicted molar refractivity (Wildman–Crippen MR) is 98.6 cm³/mol. The number of aryl methyl sites for hydroxylation is 1. The Kier molecular flexibility index (Phi) is 6.12. The van der Waals surface area contributed by atoms with Crippen LogP contribution in [-0.4, -0.2) is 12.5 Å². The van der Waals surface area contributed by atoms with Crippen LogP contribution < -0.4 is 16.8 Å². The quantitative estimate of drug-likeness (QED) is 0.764. The number of rotatable bonds is 6. The zero-order chi connectivity index (χ0) is 17.7. The van der Waals surface area contributed by atoms with Crippen LogP contribution in [0, 0.1) is 6.92 Å². The number of carbonyl (C=O) groups is 1. The summed E-state index contributed by atoms with van der Waals surface area (Å²) in [6, 6.07) is 14.9. The standard InChI is InChI=1S/C20H27N3O/c1-13(2)15-8-10-16(11-9-15)18(21)12-23-20(24)19(22)17-6-4-14(3)5-7-17/h4-11,13,18-19H,12,21-22H2,1-3H3,(H,23,24). The van der Waals surface area contributed by atoms with Crippen LogP contribution in [0.25, 0.3) is 0 Å². The lowest BCUT2D eigenvalue weighted by atomic mass is 9.99. The van der Waals surface area contributed by atoms with Gasteiger partial charge >= 0.3 is 0 Å². The number of nitrogens with one attached hydrogen (secondary N) is 1. The van der Waals surface area contributed by atoms with Crippen molar-refractivity contribution in [1.29, 1.82) is 0 Å². The molecule has 0 aromatic heterocycles. The normalized spacial score (nSPS) is 13.6. The Morgan fingerprint density at radius 3 is 1.96 bits per heavy atom. The topological polar surface area (TPSA) is 81.1 Å². The Hall–Kier alpha value is -2.17. The second kappa shape index (κ2) is 8.08. The molecule has 0 aliphatic carbocycles. The maximum Gasteiger partial charge on any atom is 0.241 e. The first-order chi connectivity index (χ1) is 11.4. The lowest BCUT2D eigenvalue weighted by molar-refractivity contribution is -0.122. The summed E-state index contributed by atoms with van der Waals surface area (Å²) < 4.78 is 0. The van der Waals surface area contributed by atoms with Gasteiger partial charge in [0.1, 0.15) is 6.04 Å². The van der Waals surface area contributed by atoms with Gasteiger partial charge in [0.25, 0.3) is 0 Å². The van der Waals surface area contributed by atoms with Crippen LogP contribution in [0.2, 0.25) is 0 Å². The summed E-state index contributed by atoms with van der Waals surface area (Å²) in [7, 11) is 0. The minimum Gasteiger partial charge on any atom is -0.353 e. The van der Waals surface area contributed by atoms with Crippen molar-refractivity contribution < 1.29 is 4.79 Å². The van der Waals surface area contributed by atoms with Gasteiger partial charge in [0.15, 0.2) is 0 Å². The van der Waals surface area contributed by atoms with Crippen molar-refractivity contribution in [3.8, 4) is 0 Å². The van der Waals surface area contributed by atoms with E-state index in [0.29, 0.717) is 12.5 Å². The Morgan fingerprint density at radius 2 is 1.42 bits per heavy atom. The van der Waals surface area contributed by atoms with Crippen LogP contribution in [0.5, 0.6) is 0 Å². The van der Waals surface area contributed by atoms with Crippen LogP contribution in [-0.2, 0) is 4.79 Å². The molecule has 0 spiro atoms. The fourth-order valence-corrected chi connectivity index (χ4v) is 2.49. The van der Waals surface area contributed by atoms with Gasteiger partial charge in [0.2, 0.25) is 5.91 Å². The molecule has 24 heavy (non-hydrogen) atoms. The number of amides is 1. The molecule has 0 fully saturated rings. The van der Waals surface area contributed by atoms with E-state index in [4.69, 9.17) is 11.5 Å². The molecule has 1 amide bonds. The number of hydrogen-bond donors (Lipinski definition) is 3. The summed E-state index contributed by atoms with van der Waals surface area (Å²) in [4.78, 5) is 12.2. The molecule has 2 aromatic rings. The monoisotopic (exact) mass is 325 g/mol. The molecule has 2 atom stereocenters. The van der Waals surface area contributed by atoms with Crippen molar-refractivity contribution in [1.82, 2.24) is 5.32 Å². The summed E-state index contributed by atoms with van der Waals surface area (Å²) in [5.41, 5.74) is 16.4. The van der Waals surface area contributed by atoms with E-state index in [1.165, 1.54) is 5.56 Å². The highest BCUT2D eigenvalue weighted by Gasteiger charge is 2.16. The van der Waals surface area contributed by atoms with Crippen molar-refractivity contribution in [2.45, 2.75) is 38.8 Å². The van der Waals surface area contributed by atoms with Gasteiger partial charge in [-0.05, 0) is 29.5 Å². The first-order valence-corrected chi connectivity index (χ1v) is 8.33. The third-order valence-electron chi connectivity index (χ3n) is 4.25. The Labute approximate surface area is 144 Å². The average molecular weight is 325 g/mol. The van der Waals surface area contributed by atoms with E-state index in [-0.39, 0.29) is 11.9 Å². The fourth-order valence-electron chi connectivity index (χ4n) is 2.49. The molecule has 0 aliphatic rings. The summed E-state index contributed by atoms with van der Waals surface area (Å²) in [5.74, 6) is 0.274. The molecule has 128 valence electrons. The second-order valence-electron chi connectivity index (χ2n) is 6.56. The van der Waals surface area contributed by atoms with E-state index in [9.17, 15) is 4.79 Å². The molecule has 0 bridgehead atoms. The van der Waals surface area contributed by atoms with Crippen LogP contribution in [0.4, 0.5) is 0 Å². The predicted octanol–water partition coefficient (Wildman–Crippen LogP) is 2.93. The zero-order valence-electron chi connectivity index (χ0n) is 14.6. The van der Waals surface area contributed by atoms with Gasteiger partial charge in [-0.25, -0.2) is 0 Å². The molecule has 4 heteroatoms. The molecule has 0 heterocycles. The zero-order valence-corrected chi connectivity index (χ0v) is 14.6. The lowest BCUT2D eigenvalue weighted by Crippen LogP contribution is -2.38. The maximum absolute atomic E-state index is 12.2. The van der Waals surface area contributed by atoms with Gasteiger partial charge in [-0.1, -0.05) is 67.9 Å². The van der Waals surface area contributed by atoms with E-state index in [2.05, 4.69) is 31.3 Å². The number of benzene rings is 2. The van der Waals surface area contributed by atoms with Gasteiger partial charge in [-0.15, -0.1) is 0 Å². The lowest BCUT2D eigenvalue weighted by Gasteiger charge is -2.17. The van der Waals surface area contributed by atoms with E-state index < -0.39 is 6.04 Å². The minimum absolute atomic E-state index is 0.215. The van der Waals surface area contributed by atoms with Crippen molar-refractivity contribution in [3.63, 3.8) is 0 Å². The highest BCUT2D eigenvalue weighted by atomic mass is 16.2. The fraction of sp³-hybridized carbons (Fsp3) is 0.350. The second-order valence-corrected chi connectivity index (χ2v) is 6.56. The minimum atomic E-state index is -0.680. The highest BCUT2D eigenvalue weighted by molar-refractivity contribution is 5.82. The van der Waals surface area contributed by atoms with Gasteiger partial charge in [0.05, 0.1) is 0 Å². The number of nitrogens with two attached hydrogens (primary N) is 2. The molecule has 0 radical (unpaired) electrons. The SMILES string of the molecule is Cc1ccc(C(N)C(=O)NCC(N)c2ccc(C(C)C)cc2)cc1. The molecule has 5 N–H and O–H groups in total. The number of carbonyl (C=O) groups excluding carboxylic acids is 1. The van der Waals surface area contributed by atoms with Gasteiger partial charge < -0.3 is 16.8 Å². The molecular weight excluding hydrogens is 298 g/mol. The number of hydrogen-bond acceptors (Lipinski definition) is 3. The summed E-state index contributed by atoms with van der Waals surface area (Å²) in [6.07, 6.45) is 0. The molecule has 0 saturated carbocycles. The summed E-state index contributed by atoms with van der Waals surface area (Å²) >= 11 is 0. The summed E-state index contributed by atoms with van der Waals surface area (Å²) in [5, 5.41) is 2.84. The van der Waals surface area contributed by atoms with Gasteiger partial charge in [-0.3, -0.25) is 4.79 Å². The molecule has 2 rings (SSSR count). The van der Waals surface area contributed by atoms with E-state index in [1.54, 1.807) is 0 Å². The first kappa shape index (κ1) is 18.2. The Bertz CT molecular complexity index is 662.